The first-order valence-corrected chi connectivity index (χ1v) is 10.4. The minimum Gasteiger partial charge on any atom is -0.457 e. The number of aromatic nitrogens is 1. The normalized spacial score (nSPS) is 15.8. The Labute approximate surface area is 178 Å². The molecule has 0 spiro atoms. The molecule has 1 atom stereocenters. The van der Waals surface area contributed by atoms with Crippen molar-refractivity contribution < 1.29 is 19.1 Å². The molecule has 3 rings (SSSR count). The van der Waals surface area contributed by atoms with Crippen LogP contribution >= 0.6 is 11.8 Å². The summed E-state index contributed by atoms with van der Waals surface area (Å²) in [6.45, 7) is 4.03. The smallest absolute Gasteiger partial charge is 0.269 e. The molecule has 0 saturated carbocycles. The molecule has 1 saturated heterocycles. The predicted molar refractivity (Wildman–Crippen MR) is 116 cm³/mol. The van der Waals surface area contributed by atoms with E-state index in [2.05, 4.69) is 22.2 Å². The third-order valence-electron chi connectivity index (χ3n) is 4.44. The molecule has 0 radical (unpaired) electrons. The van der Waals surface area contributed by atoms with Crippen molar-refractivity contribution in [3.63, 3.8) is 0 Å². The first kappa shape index (κ1) is 21.4. The van der Waals surface area contributed by atoms with Crippen molar-refractivity contribution in [2.75, 3.05) is 30.4 Å². The zero-order chi connectivity index (χ0) is 21.5. The number of rotatable bonds is 6. The van der Waals surface area contributed by atoms with Crippen molar-refractivity contribution in [1.29, 1.82) is 0 Å². The Morgan fingerprint density at radius 1 is 1.23 bits per heavy atom. The second-order valence-corrected chi connectivity index (χ2v) is 7.55. The number of thioether (sulfide) groups is 1. The van der Waals surface area contributed by atoms with Gasteiger partial charge in [0.25, 0.3) is 5.91 Å². The van der Waals surface area contributed by atoms with Crippen LogP contribution in [0.2, 0.25) is 0 Å². The number of nitrogens with zero attached hydrogens (tertiary/aromatic N) is 2. The highest BCUT2D eigenvalue weighted by molar-refractivity contribution is 7.99. The average Bonchev–Trinajstić information content (AvgIpc) is 2.79. The van der Waals surface area contributed by atoms with E-state index in [9.17, 15) is 14.4 Å². The monoisotopic (exact) mass is 426 g/mol. The van der Waals surface area contributed by atoms with Crippen LogP contribution in [0.25, 0.3) is 0 Å². The zero-order valence-corrected chi connectivity index (χ0v) is 17.3. The molecule has 2 heterocycles. The van der Waals surface area contributed by atoms with E-state index in [0.717, 1.165) is 5.75 Å². The van der Waals surface area contributed by atoms with Crippen LogP contribution in [0, 0.1) is 0 Å². The van der Waals surface area contributed by atoms with Crippen molar-refractivity contribution in [3.05, 3.63) is 60.9 Å². The first-order chi connectivity index (χ1) is 14.5. The lowest BCUT2D eigenvalue weighted by Gasteiger charge is -2.33. The van der Waals surface area contributed by atoms with Gasteiger partial charge in [0.2, 0.25) is 11.8 Å². The van der Waals surface area contributed by atoms with E-state index >= 15 is 0 Å². The highest BCUT2D eigenvalue weighted by Crippen LogP contribution is 2.24. The number of ether oxygens (including phenoxy) is 1. The van der Waals surface area contributed by atoms with Crippen molar-refractivity contribution in [2.45, 2.75) is 6.04 Å². The molecule has 156 valence electrons. The van der Waals surface area contributed by atoms with Gasteiger partial charge in [0.05, 0.1) is 0 Å². The second kappa shape index (κ2) is 9.93. The number of hydrogen-bond acceptors (Lipinski definition) is 6. The Bertz CT molecular complexity index is 948. The molecule has 3 amide bonds. The van der Waals surface area contributed by atoms with Gasteiger partial charge in [0.1, 0.15) is 23.2 Å². The van der Waals surface area contributed by atoms with E-state index < -0.39 is 6.04 Å². The minimum atomic E-state index is -0.537. The molecule has 0 bridgehead atoms. The predicted octanol–water partition coefficient (Wildman–Crippen LogP) is 2.30. The SMILES string of the molecule is C=CC(=O)N1CCSCC1C(=O)Nc1ccc(Oc2ccnc(C(=O)NC)c2)cc1. The molecule has 30 heavy (non-hydrogen) atoms. The van der Waals surface area contributed by atoms with Gasteiger partial charge in [-0.25, -0.2) is 0 Å². The molecule has 1 aliphatic heterocycles. The van der Waals surface area contributed by atoms with E-state index in [1.165, 1.54) is 19.3 Å². The van der Waals surface area contributed by atoms with E-state index in [1.807, 2.05) is 0 Å². The standard InChI is InChI=1S/C21H22N4O4S/c1-3-19(26)25-10-11-30-13-18(25)21(28)24-14-4-6-15(7-5-14)29-16-8-9-23-17(12-16)20(27)22-2/h3-9,12,18H,1,10-11,13H2,2H3,(H,22,27)(H,24,28). The highest BCUT2D eigenvalue weighted by Gasteiger charge is 2.31. The van der Waals surface area contributed by atoms with Gasteiger partial charge in [-0.05, 0) is 36.4 Å². The molecule has 2 N–H and O–H groups in total. The maximum atomic E-state index is 12.7. The van der Waals surface area contributed by atoms with Crippen LogP contribution < -0.4 is 15.4 Å². The third kappa shape index (κ3) is 5.18. The fraction of sp³-hybridized carbons (Fsp3) is 0.238. The Balaban J connectivity index is 1.64. The Hall–Kier alpha value is -3.33. The molecule has 1 aromatic heterocycles. The number of hydrogen-bond donors (Lipinski definition) is 2. The van der Waals surface area contributed by atoms with Gasteiger partial charge in [-0.15, -0.1) is 0 Å². The molecular weight excluding hydrogens is 404 g/mol. The number of pyridine rings is 1. The Morgan fingerprint density at radius 3 is 2.70 bits per heavy atom. The molecule has 1 fully saturated rings. The molecule has 1 aliphatic rings. The van der Waals surface area contributed by atoms with E-state index in [1.54, 1.807) is 53.1 Å². The summed E-state index contributed by atoms with van der Waals surface area (Å²) in [6, 6.07) is 9.49. The molecular formula is C21H22N4O4S. The minimum absolute atomic E-state index is 0.240. The molecule has 9 heteroatoms. The molecule has 1 unspecified atom stereocenters. The van der Waals surface area contributed by atoms with E-state index in [0.29, 0.717) is 29.5 Å². The largest absolute Gasteiger partial charge is 0.457 e. The number of amides is 3. The second-order valence-electron chi connectivity index (χ2n) is 6.40. The lowest BCUT2D eigenvalue weighted by molar-refractivity contribution is -0.133. The third-order valence-corrected chi connectivity index (χ3v) is 5.46. The van der Waals surface area contributed by atoms with Crippen LogP contribution in [0.1, 0.15) is 10.5 Å². The highest BCUT2D eigenvalue weighted by atomic mass is 32.2. The van der Waals surface area contributed by atoms with Crippen LogP contribution in [0.3, 0.4) is 0 Å². The number of carbonyl (C=O) groups is 3. The molecule has 0 aliphatic carbocycles. The topological polar surface area (TPSA) is 101 Å². The quantitative estimate of drug-likeness (QED) is 0.688. The maximum Gasteiger partial charge on any atom is 0.269 e. The summed E-state index contributed by atoms with van der Waals surface area (Å²) in [7, 11) is 1.53. The summed E-state index contributed by atoms with van der Waals surface area (Å²) in [5.41, 5.74) is 0.845. The van der Waals surface area contributed by atoms with Gasteiger partial charge in [0.15, 0.2) is 0 Å². The van der Waals surface area contributed by atoms with Crippen molar-refractivity contribution in [2.24, 2.45) is 0 Å². The van der Waals surface area contributed by atoms with Gasteiger partial charge >= 0.3 is 0 Å². The van der Waals surface area contributed by atoms with E-state index in [4.69, 9.17) is 4.74 Å². The average molecular weight is 426 g/mol. The Kier molecular flexibility index (Phi) is 7.08. The number of nitrogens with one attached hydrogen (secondary N) is 2. The van der Waals surface area contributed by atoms with Gasteiger partial charge in [-0.2, -0.15) is 11.8 Å². The van der Waals surface area contributed by atoms with E-state index in [-0.39, 0.29) is 23.4 Å². The number of anilines is 1. The van der Waals surface area contributed by atoms with Crippen molar-refractivity contribution in [3.8, 4) is 11.5 Å². The lowest BCUT2D eigenvalue weighted by Crippen LogP contribution is -2.51. The summed E-state index contributed by atoms with van der Waals surface area (Å²) >= 11 is 1.64. The van der Waals surface area contributed by atoms with Gasteiger partial charge in [0, 0.05) is 43.0 Å². The van der Waals surface area contributed by atoms with Crippen LogP contribution in [0.5, 0.6) is 11.5 Å². The molecule has 8 nitrogen and oxygen atoms in total. The van der Waals surface area contributed by atoms with Crippen LogP contribution in [0.4, 0.5) is 5.69 Å². The van der Waals surface area contributed by atoms with Crippen molar-refractivity contribution in [1.82, 2.24) is 15.2 Å². The summed E-state index contributed by atoms with van der Waals surface area (Å²) in [5, 5.41) is 5.35. The van der Waals surface area contributed by atoms with Crippen molar-refractivity contribution >= 4 is 35.2 Å². The zero-order valence-electron chi connectivity index (χ0n) is 16.5. The fourth-order valence-electron chi connectivity index (χ4n) is 2.90. The fourth-order valence-corrected chi connectivity index (χ4v) is 3.94. The van der Waals surface area contributed by atoms with Crippen LogP contribution in [0.15, 0.2) is 55.3 Å². The molecule has 1 aromatic carbocycles. The van der Waals surface area contributed by atoms with Gasteiger partial charge in [-0.3, -0.25) is 19.4 Å². The summed E-state index contributed by atoms with van der Waals surface area (Å²) in [4.78, 5) is 41.9. The summed E-state index contributed by atoms with van der Waals surface area (Å²) < 4.78 is 5.75. The number of benzene rings is 1. The first-order valence-electron chi connectivity index (χ1n) is 9.29. The van der Waals surface area contributed by atoms with Crippen LogP contribution in [-0.2, 0) is 9.59 Å². The van der Waals surface area contributed by atoms with Gasteiger partial charge < -0.3 is 20.3 Å². The van der Waals surface area contributed by atoms with Gasteiger partial charge in [-0.1, -0.05) is 6.58 Å². The summed E-state index contributed by atoms with van der Waals surface area (Å²) in [6.07, 6.45) is 2.73. The Morgan fingerprint density at radius 2 is 2.00 bits per heavy atom. The maximum absolute atomic E-state index is 12.7. The lowest BCUT2D eigenvalue weighted by atomic mass is 10.2. The number of carbonyl (C=O) groups excluding carboxylic acids is 3. The molecule has 2 aromatic rings. The van der Waals surface area contributed by atoms with Crippen LogP contribution in [-0.4, -0.2) is 58.7 Å². The summed E-state index contributed by atoms with van der Waals surface area (Å²) in [5.74, 6) is 1.57.